The molecule has 2 aromatic heterocycles. The van der Waals surface area contributed by atoms with Gasteiger partial charge in [-0.15, -0.1) is 5.10 Å². The molecule has 0 saturated carbocycles. The third-order valence-electron chi connectivity index (χ3n) is 6.34. The second kappa shape index (κ2) is 10.2. The van der Waals surface area contributed by atoms with Crippen LogP contribution in [0, 0.1) is 5.82 Å². The van der Waals surface area contributed by atoms with Crippen molar-refractivity contribution in [2.45, 2.75) is 0 Å². The molecule has 0 aliphatic carbocycles. The molecule has 0 bridgehead atoms. The summed E-state index contributed by atoms with van der Waals surface area (Å²) in [5, 5.41) is 8.88. The average Bonchev–Trinajstić information content (AvgIpc) is 3.61. The Morgan fingerprint density at radius 2 is 1.71 bits per heavy atom. The zero-order valence-corrected chi connectivity index (χ0v) is 20.3. The number of aromatic nitrogens is 3. The topological polar surface area (TPSA) is 140 Å². The number of hydrogen-bond acceptors (Lipinski definition) is 6. The number of ether oxygens (including phenoxy) is 1. The maximum atomic E-state index is 14.9. The number of aromatic amines is 2. The summed E-state index contributed by atoms with van der Waals surface area (Å²) >= 11 is 0. The Morgan fingerprint density at radius 3 is 2.42 bits per heavy atom. The van der Waals surface area contributed by atoms with Gasteiger partial charge >= 0.3 is 6.09 Å². The van der Waals surface area contributed by atoms with Crippen LogP contribution in [0.5, 0.6) is 5.88 Å². The van der Waals surface area contributed by atoms with E-state index >= 15 is 0 Å². The number of nitrogens with zero attached hydrogens (tertiary/aromatic N) is 3. The molecule has 1 saturated heterocycles. The molecule has 1 fully saturated rings. The van der Waals surface area contributed by atoms with Crippen LogP contribution in [-0.2, 0) is 4.79 Å². The fourth-order valence-electron chi connectivity index (χ4n) is 4.38. The summed E-state index contributed by atoms with van der Waals surface area (Å²) in [7, 11) is 1.41. The van der Waals surface area contributed by atoms with Gasteiger partial charge in [-0.05, 0) is 24.3 Å². The van der Waals surface area contributed by atoms with Gasteiger partial charge in [0.25, 0.3) is 17.6 Å². The number of amides is 3. The van der Waals surface area contributed by atoms with E-state index < -0.39 is 23.6 Å². The molecule has 4 aromatic rings. The number of benzene rings is 2. The smallest absolute Gasteiger partial charge is 0.390 e. The summed E-state index contributed by atoms with van der Waals surface area (Å²) in [6.07, 6.45) is 0.592. The van der Waals surface area contributed by atoms with E-state index in [1.54, 1.807) is 29.2 Å². The number of ketones is 1. The molecular weight excluding hydrogens is 495 g/mol. The fraction of sp³-hybridized carbons (Fsp3) is 0.192. The van der Waals surface area contributed by atoms with Crippen LogP contribution in [0.15, 0.2) is 54.7 Å². The van der Waals surface area contributed by atoms with Crippen LogP contribution in [0.1, 0.15) is 20.7 Å². The van der Waals surface area contributed by atoms with Crippen molar-refractivity contribution in [1.29, 1.82) is 0 Å². The van der Waals surface area contributed by atoms with Gasteiger partial charge in [0, 0.05) is 62.0 Å². The number of carbonyl (C=O) groups is 4. The van der Waals surface area contributed by atoms with Gasteiger partial charge in [0.05, 0.1) is 16.8 Å². The lowest BCUT2D eigenvalue weighted by Crippen LogP contribution is -2.52. The van der Waals surface area contributed by atoms with Gasteiger partial charge in [-0.25, -0.2) is 9.18 Å². The molecule has 0 radical (unpaired) electrons. The standard InChI is InChI=1S/C26H23FN6O5/c1-28-26(37)38-20-13-19(30-31-20)16-7-8-18(27)21-17(14-29-22(16)21)23(34)25(36)33-11-9-32(10-12-33)24(35)15-5-3-2-4-6-15/h2-8,13-14,29H,9-12H2,1H3,(H,28,37)(H,30,31). The number of nitrogens with one attached hydrogen (secondary N) is 3. The van der Waals surface area contributed by atoms with E-state index in [-0.39, 0.29) is 54.4 Å². The number of halogens is 1. The van der Waals surface area contributed by atoms with Crippen molar-refractivity contribution in [3.05, 3.63) is 71.7 Å². The molecule has 11 nitrogen and oxygen atoms in total. The van der Waals surface area contributed by atoms with Gasteiger partial charge in [0.2, 0.25) is 5.88 Å². The van der Waals surface area contributed by atoms with Gasteiger partial charge < -0.3 is 24.8 Å². The van der Waals surface area contributed by atoms with Crippen molar-refractivity contribution in [2.75, 3.05) is 33.2 Å². The Morgan fingerprint density at radius 1 is 1.00 bits per heavy atom. The van der Waals surface area contributed by atoms with Gasteiger partial charge in [-0.1, -0.05) is 18.2 Å². The van der Waals surface area contributed by atoms with Crippen LogP contribution in [0.3, 0.4) is 0 Å². The summed E-state index contributed by atoms with van der Waals surface area (Å²) in [4.78, 5) is 56.2. The minimum absolute atomic E-state index is 0.000234. The van der Waals surface area contributed by atoms with Crippen molar-refractivity contribution in [2.24, 2.45) is 0 Å². The van der Waals surface area contributed by atoms with Crippen LogP contribution in [-0.4, -0.2) is 81.9 Å². The predicted molar refractivity (Wildman–Crippen MR) is 134 cm³/mol. The normalized spacial score (nSPS) is 13.4. The Balaban J connectivity index is 1.33. The summed E-state index contributed by atoms with van der Waals surface area (Å²) in [6.45, 7) is 0.918. The molecule has 1 aliphatic rings. The third-order valence-corrected chi connectivity index (χ3v) is 6.34. The minimum atomic E-state index is -0.858. The highest BCUT2D eigenvalue weighted by Gasteiger charge is 2.31. The Labute approximate surface area is 215 Å². The molecule has 194 valence electrons. The second-order valence-electron chi connectivity index (χ2n) is 8.59. The molecule has 0 spiro atoms. The molecule has 3 amide bonds. The summed E-state index contributed by atoms with van der Waals surface area (Å²) in [5.74, 6) is -2.45. The number of H-pyrrole nitrogens is 2. The number of fused-ring (bicyclic) bond motifs is 1. The van der Waals surface area contributed by atoms with E-state index in [2.05, 4.69) is 20.5 Å². The summed E-state index contributed by atoms with van der Waals surface area (Å²) < 4.78 is 19.9. The lowest BCUT2D eigenvalue weighted by molar-refractivity contribution is -0.127. The van der Waals surface area contributed by atoms with Gasteiger partial charge in [0.1, 0.15) is 5.82 Å². The maximum absolute atomic E-state index is 14.9. The van der Waals surface area contributed by atoms with Crippen LogP contribution in [0.25, 0.3) is 22.2 Å². The molecule has 5 rings (SSSR count). The van der Waals surface area contributed by atoms with E-state index in [0.717, 1.165) is 0 Å². The monoisotopic (exact) mass is 518 g/mol. The molecule has 1 aliphatic heterocycles. The van der Waals surface area contributed by atoms with Crippen molar-refractivity contribution in [3.63, 3.8) is 0 Å². The SMILES string of the molecule is CNC(=O)Oc1cc(-c2ccc(F)c3c(C(=O)C(=O)N4CCN(C(=O)c5ccccc5)CC4)c[nH]c23)[nH]n1. The van der Waals surface area contributed by atoms with Gasteiger partial charge in [-0.2, -0.15) is 0 Å². The quantitative estimate of drug-likeness (QED) is 0.274. The summed E-state index contributed by atoms with van der Waals surface area (Å²) in [5.41, 5.74) is 1.58. The van der Waals surface area contributed by atoms with Crippen molar-refractivity contribution in [3.8, 4) is 17.1 Å². The molecule has 38 heavy (non-hydrogen) atoms. The van der Waals surface area contributed by atoms with Crippen molar-refractivity contribution in [1.82, 2.24) is 30.3 Å². The number of hydrogen-bond donors (Lipinski definition) is 3. The van der Waals surface area contributed by atoms with Crippen molar-refractivity contribution < 1.29 is 28.3 Å². The molecule has 3 heterocycles. The van der Waals surface area contributed by atoms with Crippen LogP contribution in [0.2, 0.25) is 0 Å². The number of rotatable bonds is 5. The molecular formula is C26H23FN6O5. The number of carbonyl (C=O) groups excluding carboxylic acids is 4. The zero-order valence-electron chi connectivity index (χ0n) is 20.3. The van der Waals surface area contributed by atoms with Crippen LogP contribution in [0.4, 0.5) is 9.18 Å². The Kier molecular flexibility index (Phi) is 6.60. The minimum Gasteiger partial charge on any atom is -0.390 e. The first-order valence-corrected chi connectivity index (χ1v) is 11.8. The Hall–Kier alpha value is -5.00. The third kappa shape index (κ3) is 4.59. The summed E-state index contributed by atoms with van der Waals surface area (Å²) in [6, 6.07) is 12.9. The largest absolute Gasteiger partial charge is 0.413 e. The molecule has 3 N–H and O–H groups in total. The highest BCUT2D eigenvalue weighted by Crippen LogP contribution is 2.32. The van der Waals surface area contributed by atoms with Gasteiger partial charge in [-0.3, -0.25) is 19.5 Å². The number of Topliss-reactive ketones (excluding diaryl/α,β-unsaturated/α-hetero) is 1. The van der Waals surface area contributed by atoms with E-state index in [1.165, 1.54) is 36.3 Å². The zero-order chi connectivity index (χ0) is 26.8. The lowest BCUT2D eigenvalue weighted by Gasteiger charge is -2.34. The van der Waals surface area contributed by atoms with E-state index in [0.29, 0.717) is 16.8 Å². The highest BCUT2D eigenvalue weighted by atomic mass is 19.1. The maximum Gasteiger partial charge on any atom is 0.413 e. The fourth-order valence-corrected chi connectivity index (χ4v) is 4.38. The predicted octanol–water partition coefficient (Wildman–Crippen LogP) is 2.58. The first-order chi connectivity index (χ1) is 18.4. The highest BCUT2D eigenvalue weighted by molar-refractivity contribution is 6.45. The number of piperazine rings is 1. The first-order valence-electron chi connectivity index (χ1n) is 11.8. The average molecular weight is 519 g/mol. The molecule has 0 unspecified atom stereocenters. The molecule has 12 heteroatoms. The second-order valence-corrected chi connectivity index (χ2v) is 8.59. The van der Waals surface area contributed by atoms with E-state index in [1.807, 2.05) is 6.07 Å². The van der Waals surface area contributed by atoms with Crippen LogP contribution >= 0.6 is 0 Å². The van der Waals surface area contributed by atoms with E-state index in [4.69, 9.17) is 4.74 Å². The molecule has 0 atom stereocenters. The van der Waals surface area contributed by atoms with Crippen molar-refractivity contribution >= 4 is 34.6 Å². The Bertz CT molecular complexity index is 1540. The van der Waals surface area contributed by atoms with Gasteiger partial charge in [0.15, 0.2) is 0 Å². The van der Waals surface area contributed by atoms with E-state index in [9.17, 15) is 23.6 Å². The lowest BCUT2D eigenvalue weighted by atomic mass is 10.0. The molecule has 2 aromatic carbocycles. The first kappa shape index (κ1) is 24.7. The van der Waals surface area contributed by atoms with Crippen LogP contribution < -0.4 is 10.1 Å².